The minimum atomic E-state index is -1.04. The third-order valence-electron chi connectivity index (χ3n) is 13.2. The van der Waals surface area contributed by atoms with Crippen LogP contribution in [0.4, 0.5) is 0 Å². The van der Waals surface area contributed by atoms with Crippen molar-refractivity contribution in [1.82, 2.24) is 19.9 Å². The summed E-state index contributed by atoms with van der Waals surface area (Å²) >= 11 is 0. The largest absolute Gasteiger partial charge is 0.490 e. The molecule has 0 N–H and O–H groups in total. The minimum absolute atomic E-state index is 0.704. The molecule has 0 aliphatic heterocycles. The number of benzene rings is 2. The number of rotatable bonds is 34. The summed E-state index contributed by atoms with van der Waals surface area (Å²) in [5, 5.41) is 0. The summed E-state index contributed by atoms with van der Waals surface area (Å²) in [6.45, 7) is 20.8. The Labute approximate surface area is 386 Å². The van der Waals surface area contributed by atoms with Gasteiger partial charge in [-0.15, -0.1) is 0 Å². The van der Waals surface area contributed by atoms with Gasteiger partial charge in [-0.1, -0.05) is 168 Å². The van der Waals surface area contributed by atoms with Crippen LogP contribution in [-0.2, 0) is 12.8 Å². The lowest BCUT2D eigenvalue weighted by atomic mass is 10.0. The van der Waals surface area contributed by atoms with Gasteiger partial charge in [-0.3, -0.25) is 0 Å². The fraction of sp³-hybridized carbons (Fsp3) is 0.630. The van der Waals surface area contributed by atoms with E-state index in [0.717, 1.165) is 72.6 Å². The van der Waals surface area contributed by atoms with Crippen LogP contribution in [0, 0.1) is 0 Å². The second-order valence-corrected chi connectivity index (χ2v) is 30.7. The molecule has 0 unspecified atom stereocenters. The molecule has 63 heavy (non-hydrogen) atoms. The van der Waals surface area contributed by atoms with Gasteiger partial charge < -0.3 is 14.2 Å². The molecule has 0 spiro atoms. The Balaban J connectivity index is 1.53. The van der Waals surface area contributed by atoms with Gasteiger partial charge in [0.1, 0.15) is 11.5 Å². The second kappa shape index (κ2) is 29.1. The molecule has 2 aromatic heterocycles. The minimum Gasteiger partial charge on any atom is -0.490 e. The van der Waals surface area contributed by atoms with E-state index in [1.54, 1.807) is 0 Å². The van der Waals surface area contributed by atoms with Crippen LogP contribution >= 0.6 is 0 Å². The highest BCUT2D eigenvalue weighted by Crippen LogP contribution is 2.35. The van der Waals surface area contributed by atoms with Crippen molar-refractivity contribution in [2.75, 3.05) is 13.2 Å². The maximum absolute atomic E-state index is 6.98. The quantitative estimate of drug-likeness (QED) is 0.0341. The smallest absolute Gasteiger partial charge is 0.159 e. The first kappa shape index (κ1) is 52.1. The van der Waals surface area contributed by atoms with Crippen molar-refractivity contribution in [2.24, 2.45) is 0 Å². The monoisotopic (exact) mass is 895 g/mol. The third kappa shape index (κ3) is 20.0. The molecule has 0 bridgehead atoms. The van der Waals surface area contributed by atoms with Crippen molar-refractivity contribution in [3.8, 4) is 45.8 Å². The van der Waals surface area contributed by atoms with Crippen molar-refractivity contribution in [3.63, 3.8) is 0 Å². The van der Waals surface area contributed by atoms with Crippen molar-refractivity contribution in [3.05, 3.63) is 72.3 Å². The number of aromatic nitrogens is 4. The van der Waals surface area contributed by atoms with Crippen molar-refractivity contribution < 1.29 is 14.2 Å². The number of ether oxygens (including phenoxy) is 3. The van der Waals surface area contributed by atoms with Gasteiger partial charge in [0, 0.05) is 27.3 Å². The number of hydrogen-bond acceptors (Lipinski definition) is 7. The summed E-state index contributed by atoms with van der Waals surface area (Å²) in [6, 6.07) is 18.6. The standard InChI is InChI=1S/C54H86N4O3Si2/c1-9-13-15-19-25-35-59-49-41-55-53(56-42-49)47-31-33-51(45(39-47)29-23-17-21-27-37-62(5,6)11-3)61-52-34-32-48(40-46(52)30-24-18-22-28-38-63(7,8)12-4)54-57-43-50(44-58-54)60-36-26-20-16-14-10-2/h31-34,39-44H,9-30,35-38H2,1-8H3. The molecule has 7 nitrogen and oxygen atoms in total. The molecule has 0 radical (unpaired) electrons. The number of nitrogens with zero attached hydrogens (tertiary/aromatic N) is 4. The van der Waals surface area contributed by atoms with E-state index in [-0.39, 0.29) is 0 Å². The lowest BCUT2D eigenvalue weighted by Gasteiger charge is -2.19. The van der Waals surface area contributed by atoms with E-state index >= 15 is 0 Å². The molecule has 9 heteroatoms. The highest BCUT2D eigenvalue weighted by atomic mass is 28.3. The molecule has 2 aromatic carbocycles. The molecule has 0 aliphatic carbocycles. The molecule has 2 heterocycles. The van der Waals surface area contributed by atoms with Crippen LogP contribution in [0.5, 0.6) is 23.0 Å². The molecule has 0 fully saturated rings. The van der Waals surface area contributed by atoms with Crippen LogP contribution in [0.1, 0.15) is 154 Å². The van der Waals surface area contributed by atoms with Gasteiger partial charge >= 0.3 is 0 Å². The molecular weight excluding hydrogens is 809 g/mol. The molecule has 0 saturated heterocycles. The zero-order chi connectivity index (χ0) is 45.2. The Bertz CT molecular complexity index is 1700. The highest BCUT2D eigenvalue weighted by Gasteiger charge is 2.19. The van der Waals surface area contributed by atoms with Crippen LogP contribution in [-0.4, -0.2) is 49.3 Å². The van der Waals surface area contributed by atoms with Gasteiger partial charge in [-0.2, -0.15) is 0 Å². The van der Waals surface area contributed by atoms with E-state index < -0.39 is 16.1 Å². The first-order chi connectivity index (χ1) is 30.6. The zero-order valence-electron chi connectivity index (χ0n) is 41.2. The van der Waals surface area contributed by atoms with E-state index in [0.29, 0.717) is 24.9 Å². The molecular formula is C54H86N4O3Si2. The topological polar surface area (TPSA) is 79.2 Å². The lowest BCUT2D eigenvalue weighted by Crippen LogP contribution is -2.22. The average Bonchev–Trinajstić information content (AvgIpc) is 3.29. The van der Waals surface area contributed by atoms with Crippen molar-refractivity contribution >= 4 is 16.1 Å². The first-order valence-electron chi connectivity index (χ1n) is 25.4. The summed E-state index contributed by atoms with van der Waals surface area (Å²) in [5.74, 6) is 4.71. The Kier molecular flexibility index (Phi) is 24.0. The van der Waals surface area contributed by atoms with E-state index in [1.165, 1.54) is 125 Å². The fourth-order valence-electron chi connectivity index (χ4n) is 7.91. The van der Waals surface area contributed by atoms with Crippen LogP contribution in [0.25, 0.3) is 22.8 Å². The molecule has 0 aliphatic rings. The second-order valence-electron chi connectivity index (χ2n) is 19.6. The molecule has 0 amide bonds. The summed E-state index contributed by atoms with van der Waals surface area (Å²) in [6.07, 6.45) is 31.2. The summed E-state index contributed by atoms with van der Waals surface area (Å²) < 4.78 is 19.0. The molecule has 0 saturated carbocycles. The van der Waals surface area contributed by atoms with Crippen LogP contribution < -0.4 is 14.2 Å². The third-order valence-corrected chi connectivity index (χ3v) is 20.4. The van der Waals surface area contributed by atoms with Crippen LogP contribution in [0.2, 0.25) is 50.4 Å². The Morgan fingerprint density at radius 3 is 1.17 bits per heavy atom. The average molecular weight is 895 g/mol. The van der Waals surface area contributed by atoms with Gasteiger partial charge in [-0.05, 0) is 86.1 Å². The number of hydrogen-bond donors (Lipinski definition) is 0. The zero-order valence-corrected chi connectivity index (χ0v) is 43.2. The van der Waals surface area contributed by atoms with E-state index in [2.05, 4.69) is 90.3 Å². The van der Waals surface area contributed by atoms with Gasteiger partial charge in [-0.25, -0.2) is 19.9 Å². The molecule has 0 atom stereocenters. The van der Waals surface area contributed by atoms with Gasteiger partial charge in [0.15, 0.2) is 23.1 Å². The highest BCUT2D eigenvalue weighted by molar-refractivity contribution is 6.77. The predicted octanol–water partition coefficient (Wildman–Crippen LogP) is 16.8. The van der Waals surface area contributed by atoms with E-state index in [9.17, 15) is 0 Å². The lowest BCUT2D eigenvalue weighted by molar-refractivity contribution is 0.302. The summed E-state index contributed by atoms with van der Waals surface area (Å²) in [4.78, 5) is 19.0. The van der Waals surface area contributed by atoms with Crippen LogP contribution in [0.15, 0.2) is 61.2 Å². The SMILES string of the molecule is CCCCCCCOc1cnc(-c2ccc(Oc3ccc(-c4ncc(OCCCCCCC)cn4)cc3CCCCCC[Si](C)(C)CC)c(CCCCCC[Si](C)(C)CC)c2)nc1. The normalized spacial score (nSPS) is 11.9. The fourth-order valence-corrected chi connectivity index (χ4v) is 11.0. The summed E-state index contributed by atoms with van der Waals surface area (Å²) in [7, 11) is -2.09. The van der Waals surface area contributed by atoms with Gasteiger partial charge in [0.25, 0.3) is 0 Å². The van der Waals surface area contributed by atoms with Crippen molar-refractivity contribution in [1.29, 1.82) is 0 Å². The Morgan fingerprint density at radius 2 is 0.794 bits per heavy atom. The molecule has 348 valence electrons. The Morgan fingerprint density at radius 1 is 0.429 bits per heavy atom. The van der Waals surface area contributed by atoms with E-state index in [4.69, 9.17) is 34.1 Å². The Hall–Kier alpha value is -3.57. The first-order valence-corrected chi connectivity index (χ1v) is 32.2. The predicted molar refractivity (Wildman–Crippen MR) is 273 cm³/mol. The maximum Gasteiger partial charge on any atom is 0.159 e. The van der Waals surface area contributed by atoms with Crippen molar-refractivity contribution in [2.45, 2.75) is 206 Å². The van der Waals surface area contributed by atoms with E-state index in [1.807, 2.05) is 24.8 Å². The van der Waals surface area contributed by atoms with Gasteiger partial charge in [0.05, 0.1) is 38.0 Å². The van der Waals surface area contributed by atoms with Gasteiger partial charge in [0.2, 0.25) is 0 Å². The number of aryl methyl sites for hydroxylation is 2. The molecule has 4 rings (SSSR count). The summed E-state index contributed by atoms with van der Waals surface area (Å²) in [5.41, 5.74) is 4.41. The molecule has 4 aromatic rings. The number of unbranched alkanes of at least 4 members (excludes halogenated alkanes) is 14. The maximum atomic E-state index is 6.98. The van der Waals surface area contributed by atoms with Crippen LogP contribution in [0.3, 0.4) is 0 Å².